The summed E-state index contributed by atoms with van der Waals surface area (Å²) < 4.78 is 4.83. The van der Waals surface area contributed by atoms with Crippen LogP contribution in [0.15, 0.2) is 41.2 Å². The Morgan fingerprint density at radius 3 is 3.05 bits per heavy atom. The first-order chi connectivity index (χ1) is 9.33. The van der Waals surface area contributed by atoms with Crippen LogP contribution in [0.25, 0.3) is 0 Å². The highest BCUT2D eigenvalue weighted by molar-refractivity contribution is 5.91. The van der Waals surface area contributed by atoms with Crippen molar-refractivity contribution in [1.29, 1.82) is 0 Å². The van der Waals surface area contributed by atoms with E-state index in [1.54, 1.807) is 12.3 Å². The standard InChI is InChI=1S/C13H14N4O2/c18-13(11-4-7-15-19-11)16-10-5-8-17(9-10)12-3-1-2-6-14-12/h1-4,6-7,10H,5,8-9H2,(H,16,18). The van der Waals surface area contributed by atoms with Gasteiger partial charge in [-0.2, -0.15) is 0 Å². The Bertz CT molecular complexity index is 541. The van der Waals surface area contributed by atoms with Crippen LogP contribution < -0.4 is 10.2 Å². The molecule has 0 radical (unpaired) electrons. The summed E-state index contributed by atoms with van der Waals surface area (Å²) in [5.41, 5.74) is 0. The SMILES string of the molecule is O=C(NC1CCN(c2ccccn2)C1)c1ccno1. The van der Waals surface area contributed by atoms with Gasteiger partial charge in [-0.1, -0.05) is 11.2 Å². The van der Waals surface area contributed by atoms with Crippen LogP contribution in [-0.4, -0.2) is 35.2 Å². The second-order valence-corrected chi connectivity index (χ2v) is 4.47. The molecule has 0 spiro atoms. The van der Waals surface area contributed by atoms with Crippen molar-refractivity contribution >= 4 is 11.7 Å². The molecule has 98 valence electrons. The third-order valence-corrected chi connectivity index (χ3v) is 3.16. The van der Waals surface area contributed by atoms with Crippen LogP contribution in [0.2, 0.25) is 0 Å². The molecule has 1 unspecified atom stereocenters. The number of hydrogen-bond acceptors (Lipinski definition) is 5. The van der Waals surface area contributed by atoms with Gasteiger partial charge in [0.05, 0.1) is 6.20 Å². The van der Waals surface area contributed by atoms with E-state index in [4.69, 9.17) is 4.52 Å². The number of nitrogens with zero attached hydrogens (tertiary/aromatic N) is 3. The Balaban J connectivity index is 1.59. The second-order valence-electron chi connectivity index (χ2n) is 4.47. The molecular formula is C13H14N4O2. The van der Waals surface area contributed by atoms with Crippen LogP contribution in [0, 0.1) is 0 Å². The van der Waals surface area contributed by atoms with Gasteiger partial charge in [0, 0.05) is 31.4 Å². The maximum Gasteiger partial charge on any atom is 0.290 e. The van der Waals surface area contributed by atoms with Crippen molar-refractivity contribution in [3.05, 3.63) is 42.4 Å². The van der Waals surface area contributed by atoms with Gasteiger partial charge in [0.25, 0.3) is 5.91 Å². The molecule has 1 saturated heterocycles. The summed E-state index contributed by atoms with van der Waals surface area (Å²) in [5, 5.41) is 6.46. The zero-order valence-electron chi connectivity index (χ0n) is 10.3. The lowest BCUT2D eigenvalue weighted by Gasteiger charge is -2.17. The summed E-state index contributed by atoms with van der Waals surface area (Å²) in [7, 11) is 0. The molecule has 1 atom stereocenters. The summed E-state index contributed by atoms with van der Waals surface area (Å²) in [4.78, 5) is 18.3. The van der Waals surface area contributed by atoms with Gasteiger partial charge < -0.3 is 14.7 Å². The first-order valence-electron chi connectivity index (χ1n) is 6.20. The van der Waals surface area contributed by atoms with Gasteiger partial charge in [0.15, 0.2) is 0 Å². The maximum absolute atomic E-state index is 11.8. The Morgan fingerprint density at radius 2 is 2.32 bits per heavy atom. The minimum atomic E-state index is -0.217. The average molecular weight is 258 g/mol. The first kappa shape index (κ1) is 11.7. The highest BCUT2D eigenvalue weighted by Gasteiger charge is 2.25. The van der Waals surface area contributed by atoms with E-state index in [-0.39, 0.29) is 17.7 Å². The molecule has 19 heavy (non-hydrogen) atoms. The van der Waals surface area contributed by atoms with E-state index in [1.807, 2.05) is 18.2 Å². The number of anilines is 1. The van der Waals surface area contributed by atoms with E-state index in [9.17, 15) is 4.79 Å². The molecule has 0 bridgehead atoms. The Hall–Kier alpha value is -2.37. The number of aromatic nitrogens is 2. The van der Waals surface area contributed by atoms with Crippen LogP contribution in [0.5, 0.6) is 0 Å². The van der Waals surface area contributed by atoms with Crippen molar-refractivity contribution < 1.29 is 9.32 Å². The molecule has 1 N–H and O–H groups in total. The van der Waals surface area contributed by atoms with Crippen molar-refractivity contribution in [2.75, 3.05) is 18.0 Å². The summed E-state index contributed by atoms with van der Waals surface area (Å²) in [6, 6.07) is 7.49. The van der Waals surface area contributed by atoms with Gasteiger partial charge in [0.2, 0.25) is 5.76 Å². The quantitative estimate of drug-likeness (QED) is 0.892. The van der Waals surface area contributed by atoms with Gasteiger partial charge in [-0.15, -0.1) is 0 Å². The third-order valence-electron chi connectivity index (χ3n) is 3.16. The highest BCUT2D eigenvalue weighted by Crippen LogP contribution is 2.17. The minimum Gasteiger partial charge on any atom is -0.354 e. The lowest BCUT2D eigenvalue weighted by Crippen LogP contribution is -2.37. The summed E-state index contributed by atoms with van der Waals surface area (Å²) in [5.74, 6) is 0.973. The molecule has 1 aliphatic heterocycles. The summed E-state index contributed by atoms with van der Waals surface area (Å²) in [6.07, 6.45) is 4.13. The topological polar surface area (TPSA) is 71.3 Å². The Labute approximate surface area is 110 Å². The summed E-state index contributed by atoms with van der Waals surface area (Å²) >= 11 is 0. The van der Waals surface area contributed by atoms with Crippen molar-refractivity contribution in [1.82, 2.24) is 15.5 Å². The number of amides is 1. The molecule has 2 aromatic heterocycles. The van der Waals surface area contributed by atoms with Crippen molar-refractivity contribution in [2.24, 2.45) is 0 Å². The van der Waals surface area contributed by atoms with Gasteiger partial charge in [-0.05, 0) is 18.6 Å². The predicted molar refractivity (Wildman–Crippen MR) is 68.8 cm³/mol. The van der Waals surface area contributed by atoms with Crippen LogP contribution in [0.3, 0.4) is 0 Å². The van der Waals surface area contributed by atoms with Crippen LogP contribution in [0.4, 0.5) is 5.82 Å². The van der Waals surface area contributed by atoms with E-state index in [0.717, 1.165) is 25.3 Å². The minimum absolute atomic E-state index is 0.111. The predicted octanol–water partition coefficient (Wildman–Crippen LogP) is 1.08. The van der Waals surface area contributed by atoms with Crippen molar-refractivity contribution in [3.63, 3.8) is 0 Å². The molecule has 2 aromatic rings. The molecule has 1 amide bonds. The summed E-state index contributed by atoms with van der Waals surface area (Å²) in [6.45, 7) is 1.65. The number of rotatable bonds is 3. The van der Waals surface area contributed by atoms with E-state index in [1.165, 1.54) is 6.20 Å². The molecular weight excluding hydrogens is 244 g/mol. The van der Waals surface area contributed by atoms with E-state index >= 15 is 0 Å². The fourth-order valence-electron chi connectivity index (χ4n) is 2.22. The Kier molecular flexibility index (Phi) is 3.14. The number of hydrogen-bond donors (Lipinski definition) is 1. The molecule has 3 rings (SSSR count). The molecule has 6 nitrogen and oxygen atoms in total. The molecule has 0 aliphatic carbocycles. The maximum atomic E-state index is 11.8. The number of pyridine rings is 1. The average Bonchev–Trinajstić information content (AvgIpc) is 3.11. The van der Waals surface area contributed by atoms with Crippen LogP contribution in [-0.2, 0) is 0 Å². The van der Waals surface area contributed by atoms with Crippen LogP contribution in [0.1, 0.15) is 17.0 Å². The molecule has 0 saturated carbocycles. The monoisotopic (exact) mass is 258 g/mol. The highest BCUT2D eigenvalue weighted by atomic mass is 16.5. The first-order valence-corrected chi connectivity index (χ1v) is 6.20. The van der Waals surface area contributed by atoms with E-state index < -0.39 is 0 Å². The molecule has 0 aromatic carbocycles. The lowest BCUT2D eigenvalue weighted by molar-refractivity contribution is 0.0903. The van der Waals surface area contributed by atoms with Gasteiger partial charge >= 0.3 is 0 Å². The van der Waals surface area contributed by atoms with Crippen molar-refractivity contribution in [3.8, 4) is 0 Å². The third kappa shape index (κ3) is 2.57. The molecule has 1 aliphatic rings. The van der Waals surface area contributed by atoms with Gasteiger partial charge in [-0.3, -0.25) is 4.79 Å². The molecule has 1 fully saturated rings. The van der Waals surface area contributed by atoms with Gasteiger partial charge in [-0.25, -0.2) is 4.98 Å². The van der Waals surface area contributed by atoms with Crippen molar-refractivity contribution in [2.45, 2.75) is 12.5 Å². The number of carbonyl (C=O) groups is 1. The number of carbonyl (C=O) groups excluding carboxylic acids is 1. The normalized spacial score (nSPS) is 18.5. The smallest absolute Gasteiger partial charge is 0.290 e. The largest absolute Gasteiger partial charge is 0.354 e. The zero-order valence-corrected chi connectivity index (χ0v) is 10.3. The molecule has 3 heterocycles. The number of nitrogens with one attached hydrogen (secondary N) is 1. The zero-order chi connectivity index (χ0) is 13.1. The van der Waals surface area contributed by atoms with Crippen LogP contribution >= 0.6 is 0 Å². The fourth-order valence-corrected chi connectivity index (χ4v) is 2.22. The lowest BCUT2D eigenvalue weighted by atomic mass is 10.2. The Morgan fingerprint density at radius 1 is 1.37 bits per heavy atom. The van der Waals surface area contributed by atoms with E-state index in [2.05, 4.69) is 20.4 Å². The van der Waals surface area contributed by atoms with E-state index in [0.29, 0.717) is 0 Å². The second kappa shape index (κ2) is 5.09. The van der Waals surface area contributed by atoms with Gasteiger partial charge in [0.1, 0.15) is 5.82 Å². The fraction of sp³-hybridized carbons (Fsp3) is 0.308. The molecule has 6 heteroatoms.